The van der Waals surface area contributed by atoms with Crippen molar-refractivity contribution in [3.63, 3.8) is 0 Å². The van der Waals surface area contributed by atoms with Crippen molar-refractivity contribution in [2.24, 2.45) is 0 Å². The van der Waals surface area contributed by atoms with Gasteiger partial charge in [-0.1, -0.05) is 0 Å². The Morgan fingerprint density at radius 3 is 0.778 bits per heavy atom. The van der Waals surface area contributed by atoms with Crippen molar-refractivity contribution in [2.45, 2.75) is 24.0 Å². The fourth-order valence-electron chi connectivity index (χ4n) is 1.61. The largest absolute Gasteiger partial charge is 1.00 e. The fraction of sp³-hybridized carbons (Fsp3) is 0.429. The van der Waals surface area contributed by atoms with Crippen LogP contribution in [0.15, 0.2) is 0 Å². The van der Waals surface area contributed by atoms with Gasteiger partial charge in [-0.05, 0) is 0 Å². The third kappa shape index (κ3) is 17.2. The van der Waals surface area contributed by atoms with Crippen LogP contribution in [0.1, 0.15) is 12.8 Å². The molecule has 0 aromatic rings. The van der Waals surface area contributed by atoms with Gasteiger partial charge in [-0.2, -0.15) is 0 Å². The van der Waals surface area contributed by atoms with Crippen molar-refractivity contribution >= 4 is 47.8 Å². The molecule has 4 N–H and O–H groups in total. The molecule has 18 nitrogen and oxygen atoms in total. The van der Waals surface area contributed by atoms with Gasteiger partial charge in [0.1, 0.15) is 0 Å². The average molecular weight is 560 g/mol. The normalized spacial score (nSPS) is 9.56. The van der Waals surface area contributed by atoms with Crippen LogP contribution in [-0.2, 0) is 47.8 Å². The van der Waals surface area contributed by atoms with E-state index >= 15 is 0 Å². The molecule has 0 bridgehead atoms. The van der Waals surface area contributed by atoms with E-state index in [0.717, 1.165) is 0 Å². The van der Waals surface area contributed by atoms with Gasteiger partial charge in [0.2, 0.25) is 0 Å². The molecule has 36 heavy (non-hydrogen) atoms. The summed E-state index contributed by atoms with van der Waals surface area (Å²) in [6.07, 6.45) is -3.05. The maximum Gasteiger partial charge on any atom is 1.00 e. The summed E-state index contributed by atoms with van der Waals surface area (Å²) >= 11 is 0. The van der Waals surface area contributed by atoms with E-state index in [1.54, 1.807) is 0 Å². The molecule has 0 unspecified atom stereocenters. The molecule has 0 fully saturated rings. The van der Waals surface area contributed by atoms with Gasteiger partial charge in [0.25, 0.3) is 11.2 Å². The minimum Gasteiger partial charge on any atom is -0.550 e. The minimum absolute atomic E-state index is 0. The van der Waals surface area contributed by atoms with E-state index in [9.17, 15) is 58.8 Å². The van der Waals surface area contributed by atoms with Crippen molar-refractivity contribution in [3.05, 3.63) is 0 Å². The Labute approximate surface area is 288 Å². The van der Waals surface area contributed by atoms with Crippen LogP contribution in [-0.4, -0.2) is 92.6 Å². The maximum atomic E-state index is 10.6. The summed E-state index contributed by atoms with van der Waals surface area (Å²) < 4.78 is 8.09. The number of carbonyl (C=O) groups is 8. The van der Waals surface area contributed by atoms with Crippen LogP contribution >= 0.6 is 0 Å². The van der Waals surface area contributed by atoms with Gasteiger partial charge in [0, 0.05) is 24.8 Å². The standard InChI is InChI=1S/2C7H8O9.4Na/c2*8-3(9)1-7(5(12)13,6(14)15)16-2-4(10)11;;;;/h2*1-2H2,(H,8,9)(H,10,11)(H,12,13)(H,14,15);;;;/q;;4*+1/p-4. The van der Waals surface area contributed by atoms with Crippen molar-refractivity contribution in [3.8, 4) is 0 Å². The second-order valence-corrected chi connectivity index (χ2v) is 5.29. The van der Waals surface area contributed by atoms with Gasteiger partial charge >= 0.3 is 142 Å². The van der Waals surface area contributed by atoms with Gasteiger partial charge in [0.15, 0.2) is 0 Å². The summed E-state index contributed by atoms with van der Waals surface area (Å²) in [4.78, 5) is 82.8. The second kappa shape index (κ2) is 22.6. The third-order valence-corrected chi connectivity index (χ3v) is 3.04. The van der Waals surface area contributed by atoms with E-state index in [4.69, 9.17) is 20.4 Å². The number of carboxylic acids is 8. The van der Waals surface area contributed by atoms with Gasteiger partial charge in [-0.25, -0.2) is 19.2 Å². The zero-order valence-corrected chi connectivity index (χ0v) is 27.3. The SMILES string of the molecule is O=C([O-])COC(CC(=O)[O-])(C(=O)O)C(=O)O.O=C([O-])COC(CC(=O)[O-])(C(=O)O)C(=O)O.[Na+].[Na+].[Na+].[Na+]. The van der Waals surface area contributed by atoms with E-state index in [1.807, 2.05) is 0 Å². The predicted molar refractivity (Wildman–Crippen MR) is 77.2 cm³/mol. The molecule has 0 aromatic carbocycles. The van der Waals surface area contributed by atoms with Gasteiger partial charge < -0.3 is 69.5 Å². The number of ether oxygens (including phenoxy) is 2. The van der Waals surface area contributed by atoms with Crippen LogP contribution in [0.25, 0.3) is 0 Å². The predicted octanol–water partition coefficient (Wildman–Crippen LogP) is -20.4. The first-order chi connectivity index (χ1) is 14.4. The van der Waals surface area contributed by atoms with Crippen LogP contribution in [0.2, 0.25) is 0 Å². The molecule has 0 heterocycles. The topological polar surface area (TPSA) is 328 Å². The Balaban J connectivity index is -0.000000112. The number of aliphatic carboxylic acids is 8. The number of hydrogen-bond acceptors (Lipinski definition) is 14. The van der Waals surface area contributed by atoms with E-state index in [-0.39, 0.29) is 118 Å². The summed E-state index contributed by atoms with van der Waals surface area (Å²) in [5.41, 5.74) is -6.39. The van der Waals surface area contributed by atoms with Crippen LogP contribution in [0.3, 0.4) is 0 Å². The minimum atomic E-state index is -3.20. The van der Waals surface area contributed by atoms with Gasteiger partial charge in [-0.3, -0.25) is 0 Å². The maximum absolute atomic E-state index is 10.6. The van der Waals surface area contributed by atoms with Crippen molar-refractivity contribution < 1.29 is 207 Å². The summed E-state index contributed by atoms with van der Waals surface area (Å²) in [6.45, 7) is -2.74. The smallest absolute Gasteiger partial charge is 0.550 e. The fourth-order valence-corrected chi connectivity index (χ4v) is 1.61. The number of carbonyl (C=O) groups excluding carboxylic acids is 4. The molecule has 0 rings (SSSR count). The molecule has 0 spiro atoms. The van der Waals surface area contributed by atoms with Gasteiger partial charge in [0.05, 0.1) is 25.2 Å². The zero-order chi connectivity index (χ0) is 25.9. The molecule has 180 valence electrons. The van der Waals surface area contributed by atoms with E-state index in [1.165, 1.54) is 0 Å². The molecule has 0 aliphatic carbocycles. The number of hydrogen-bond donors (Lipinski definition) is 4. The molecule has 0 amide bonds. The average Bonchev–Trinajstić information content (AvgIpc) is 2.60. The summed E-state index contributed by atoms with van der Waals surface area (Å²) in [6, 6.07) is 0. The van der Waals surface area contributed by atoms with Gasteiger partial charge in [-0.15, -0.1) is 0 Å². The molecule has 0 atom stereocenters. The third-order valence-electron chi connectivity index (χ3n) is 3.04. The van der Waals surface area contributed by atoms with E-state index < -0.39 is 85.0 Å². The zero-order valence-electron chi connectivity index (χ0n) is 19.3. The summed E-state index contributed by atoms with van der Waals surface area (Å²) in [5, 5.41) is 74.5. The van der Waals surface area contributed by atoms with Crippen molar-refractivity contribution in [1.82, 2.24) is 0 Å². The van der Waals surface area contributed by atoms with Crippen LogP contribution in [0, 0.1) is 0 Å². The first-order valence-corrected chi connectivity index (χ1v) is 7.45. The second-order valence-electron chi connectivity index (χ2n) is 5.29. The monoisotopic (exact) mass is 560 g/mol. The Hall–Kier alpha value is -0.320. The van der Waals surface area contributed by atoms with Crippen molar-refractivity contribution in [2.75, 3.05) is 13.2 Å². The first kappa shape index (κ1) is 48.7. The molecule has 0 saturated heterocycles. The van der Waals surface area contributed by atoms with E-state index in [0.29, 0.717) is 0 Å². The number of carboxylic acid groups (broad SMARTS) is 8. The summed E-state index contributed by atoms with van der Waals surface area (Å²) in [5.74, 6) is -16.4. The molecule has 0 aliphatic rings. The van der Waals surface area contributed by atoms with Crippen LogP contribution < -0.4 is 139 Å². The Bertz CT molecular complexity index is 718. The summed E-state index contributed by atoms with van der Waals surface area (Å²) in [7, 11) is 0. The Morgan fingerprint density at radius 1 is 0.472 bits per heavy atom. The molecular weight excluding hydrogens is 548 g/mol. The Morgan fingerprint density at radius 2 is 0.667 bits per heavy atom. The molecule has 0 saturated carbocycles. The Kier molecular flexibility index (Phi) is 30.6. The van der Waals surface area contributed by atoms with Crippen molar-refractivity contribution in [1.29, 1.82) is 0 Å². The molecule has 22 heteroatoms. The molecule has 0 radical (unpaired) electrons. The first-order valence-electron chi connectivity index (χ1n) is 7.45. The molecular formula is C14H12Na4O18. The van der Waals surface area contributed by atoms with Crippen LogP contribution in [0.5, 0.6) is 0 Å². The quantitative estimate of drug-likeness (QED) is 0.113. The molecule has 0 aromatic heterocycles. The van der Waals surface area contributed by atoms with E-state index in [2.05, 4.69) is 9.47 Å². The molecule has 0 aliphatic heterocycles. The number of rotatable bonds is 14. The van der Waals surface area contributed by atoms with Crippen LogP contribution in [0.4, 0.5) is 0 Å².